The molecule has 2 rings (SSSR count). The molecular formula is C15H16BrN3O4S. The van der Waals surface area contributed by atoms with E-state index in [4.69, 9.17) is 0 Å². The van der Waals surface area contributed by atoms with Crippen molar-refractivity contribution in [2.24, 2.45) is 0 Å². The van der Waals surface area contributed by atoms with Crippen molar-refractivity contribution < 1.29 is 13.3 Å². The summed E-state index contributed by atoms with van der Waals surface area (Å²) in [7, 11) is -3.57. The topological polar surface area (TPSA) is 102 Å². The summed E-state index contributed by atoms with van der Waals surface area (Å²) in [5, 5.41) is 13.5. The molecule has 0 saturated heterocycles. The van der Waals surface area contributed by atoms with Gasteiger partial charge in [0.25, 0.3) is 5.69 Å². The molecule has 2 aromatic rings. The maximum absolute atomic E-state index is 12.8. The van der Waals surface area contributed by atoms with Crippen LogP contribution in [0.25, 0.3) is 0 Å². The first-order valence-corrected chi connectivity index (χ1v) is 9.26. The summed E-state index contributed by atoms with van der Waals surface area (Å²) in [4.78, 5) is 14.2. The average molecular weight is 414 g/mol. The Morgan fingerprint density at radius 2 is 1.83 bits per heavy atom. The Balaban J connectivity index is 2.15. The first kappa shape index (κ1) is 18.3. The van der Waals surface area contributed by atoms with Gasteiger partial charge in [-0.05, 0) is 44.2 Å². The number of nitrogens with zero attached hydrogens (tertiary/aromatic N) is 2. The molecule has 128 valence electrons. The largest absolute Gasteiger partial charge is 0.368 e. The van der Waals surface area contributed by atoms with Crippen LogP contribution in [0.1, 0.15) is 13.8 Å². The van der Waals surface area contributed by atoms with E-state index in [0.717, 1.165) is 10.7 Å². The molecule has 0 fully saturated rings. The Hall–Kier alpha value is -2.00. The van der Waals surface area contributed by atoms with Crippen LogP contribution in [0.2, 0.25) is 0 Å². The second-order valence-corrected chi connectivity index (χ2v) is 9.23. The van der Waals surface area contributed by atoms with E-state index in [1.54, 1.807) is 38.1 Å². The molecule has 0 aliphatic carbocycles. The van der Waals surface area contributed by atoms with Gasteiger partial charge < -0.3 is 5.32 Å². The lowest BCUT2D eigenvalue weighted by Gasteiger charge is -2.25. The standard InChI is InChI=1S/C15H16BrN3O4S/c1-15(2,24(22,23)13-6-3-11(16)4-7-13)10-18-14-8-5-12(9-17-14)19(20)21/h3-9H,10H2,1-2H3,(H,17,18). The van der Waals surface area contributed by atoms with Gasteiger partial charge >= 0.3 is 0 Å². The van der Waals surface area contributed by atoms with Crippen molar-refractivity contribution in [1.29, 1.82) is 0 Å². The minimum absolute atomic E-state index is 0.107. The smallest absolute Gasteiger partial charge is 0.287 e. The van der Waals surface area contributed by atoms with E-state index in [1.807, 2.05) is 0 Å². The van der Waals surface area contributed by atoms with Gasteiger partial charge in [-0.1, -0.05) is 15.9 Å². The van der Waals surface area contributed by atoms with Gasteiger partial charge in [0.15, 0.2) is 9.84 Å². The van der Waals surface area contributed by atoms with Crippen LogP contribution < -0.4 is 5.32 Å². The summed E-state index contributed by atoms with van der Waals surface area (Å²) < 4.78 is 25.2. The van der Waals surface area contributed by atoms with Crippen molar-refractivity contribution in [3.63, 3.8) is 0 Å². The fourth-order valence-corrected chi connectivity index (χ4v) is 3.59. The molecule has 9 heteroatoms. The fourth-order valence-electron chi connectivity index (χ4n) is 1.93. The minimum atomic E-state index is -3.57. The number of hydrogen-bond donors (Lipinski definition) is 1. The zero-order valence-electron chi connectivity index (χ0n) is 13.1. The van der Waals surface area contributed by atoms with Crippen LogP contribution in [0.5, 0.6) is 0 Å². The van der Waals surface area contributed by atoms with Gasteiger partial charge in [0.2, 0.25) is 0 Å². The van der Waals surface area contributed by atoms with Crippen molar-refractivity contribution in [2.45, 2.75) is 23.5 Å². The van der Waals surface area contributed by atoms with Crippen molar-refractivity contribution in [1.82, 2.24) is 4.98 Å². The van der Waals surface area contributed by atoms with Crippen LogP contribution in [0.15, 0.2) is 52.0 Å². The van der Waals surface area contributed by atoms with Gasteiger partial charge in [0.1, 0.15) is 12.0 Å². The Kier molecular flexibility index (Phi) is 5.24. The molecule has 0 saturated carbocycles. The number of pyridine rings is 1. The quantitative estimate of drug-likeness (QED) is 0.574. The number of hydrogen-bond acceptors (Lipinski definition) is 6. The zero-order chi connectivity index (χ0) is 18.0. The van der Waals surface area contributed by atoms with Crippen molar-refractivity contribution in [3.8, 4) is 0 Å². The number of benzene rings is 1. The number of aromatic nitrogens is 1. The maximum Gasteiger partial charge on any atom is 0.287 e. The molecule has 0 radical (unpaired) electrons. The van der Waals surface area contributed by atoms with Crippen LogP contribution in [0, 0.1) is 10.1 Å². The molecule has 1 aromatic heterocycles. The second-order valence-electron chi connectivity index (χ2n) is 5.73. The predicted octanol–water partition coefficient (Wildman–Crippen LogP) is 3.42. The number of sulfone groups is 1. The van der Waals surface area contributed by atoms with E-state index in [9.17, 15) is 18.5 Å². The molecule has 1 N–H and O–H groups in total. The predicted molar refractivity (Wildman–Crippen MR) is 94.8 cm³/mol. The molecule has 0 aliphatic heterocycles. The molecule has 0 bridgehead atoms. The van der Waals surface area contributed by atoms with Crippen molar-refractivity contribution >= 4 is 37.3 Å². The molecule has 0 aliphatic rings. The first-order valence-electron chi connectivity index (χ1n) is 6.98. The molecule has 7 nitrogen and oxygen atoms in total. The average Bonchev–Trinajstić information content (AvgIpc) is 2.53. The van der Waals surface area contributed by atoms with E-state index in [0.29, 0.717) is 5.82 Å². The van der Waals surface area contributed by atoms with Gasteiger partial charge in [-0.3, -0.25) is 10.1 Å². The highest BCUT2D eigenvalue weighted by Crippen LogP contribution is 2.27. The van der Waals surface area contributed by atoms with Crippen LogP contribution in [-0.4, -0.2) is 29.6 Å². The van der Waals surface area contributed by atoms with E-state index in [1.165, 1.54) is 12.1 Å². The Labute approximate surface area is 148 Å². The van der Waals surface area contributed by atoms with Gasteiger partial charge in [0.05, 0.1) is 14.6 Å². The fraction of sp³-hybridized carbons (Fsp3) is 0.267. The van der Waals surface area contributed by atoms with Crippen molar-refractivity contribution in [3.05, 3.63) is 57.2 Å². The first-order chi connectivity index (χ1) is 11.1. The number of anilines is 1. The number of nitrogens with one attached hydrogen (secondary N) is 1. The molecule has 0 atom stereocenters. The molecule has 0 spiro atoms. The van der Waals surface area contributed by atoms with Crippen LogP contribution in [0.3, 0.4) is 0 Å². The minimum Gasteiger partial charge on any atom is -0.368 e. The second kappa shape index (κ2) is 6.86. The van der Waals surface area contributed by atoms with E-state index >= 15 is 0 Å². The van der Waals surface area contributed by atoms with Gasteiger partial charge in [-0.15, -0.1) is 0 Å². The molecule has 0 unspecified atom stereocenters. The van der Waals surface area contributed by atoms with Crippen LogP contribution >= 0.6 is 15.9 Å². The summed E-state index contributed by atoms with van der Waals surface area (Å²) >= 11 is 3.28. The lowest BCUT2D eigenvalue weighted by molar-refractivity contribution is -0.385. The van der Waals surface area contributed by atoms with E-state index < -0.39 is 19.5 Å². The Morgan fingerprint density at radius 1 is 1.21 bits per heavy atom. The van der Waals surface area contributed by atoms with E-state index in [-0.39, 0.29) is 17.1 Å². The van der Waals surface area contributed by atoms with Gasteiger partial charge in [-0.25, -0.2) is 13.4 Å². The van der Waals surface area contributed by atoms with E-state index in [2.05, 4.69) is 26.2 Å². The third kappa shape index (κ3) is 3.90. The van der Waals surface area contributed by atoms with Crippen LogP contribution in [0.4, 0.5) is 11.5 Å². The summed E-state index contributed by atoms with van der Waals surface area (Å²) in [6, 6.07) is 9.20. The normalized spacial score (nSPS) is 12.0. The monoisotopic (exact) mass is 413 g/mol. The lowest BCUT2D eigenvalue weighted by Crippen LogP contribution is -2.39. The highest BCUT2D eigenvalue weighted by atomic mass is 79.9. The van der Waals surface area contributed by atoms with Gasteiger partial charge in [0, 0.05) is 17.1 Å². The summed E-state index contributed by atoms with van der Waals surface area (Å²) in [5.41, 5.74) is -0.123. The number of rotatable bonds is 6. The Bertz CT molecular complexity index is 834. The molecule has 1 aromatic carbocycles. The number of halogens is 1. The number of nitro groups is 1. The van der Waals surface area contributed by atoms with Crippen molar-refractivity contribution in [2.75, 3.05) is 11.9 Å². The third-order valence-corrected chi connectivity index (χ3v) is 6.53. The highest BCUT2D eigenvalue weighted by Gasteiger charge is 2.35. The summed E-state index contributed by atoms with van der Waals surface area (Å²) in [5.74, 6) is 0.375. The summed E-state index contributed by atoms with van der Waals surface area (Å²) in [6.45, 7) is 3.34. The zero-order valence-corrected chi connectivity index (χ0v) is 15.5. The summed E-state index contributed by atoms with van der Waals surface area (Å²) in [6.07, 6.45) is 1.12. The molecule has 24 heavy (non-hydrogen) atoms. The molecular weight excluding hydrogens is 398 g/mol. The highest BCUT2D eigenvalue weighted by molar-refractivity contribution is 9.10. The molecule has 1 heterocycles. The lowest BCUT2D eigenvalue weighted by atomic mass is 10.2. The maximum atomic E-state index is 12.8. The molecule has 0 amide bonds. The van der Waals surface area contributed by atoms with Gasteiger partial charge in [-0.2, -0.15) is 0 Å². The third-order valence-electron chi connectivity index (χ3n) is 3.51. The SMILES string of the molecule is CC(C)(CNc1ccc([N+](=O)[O-])cn1)S(=O)(=O)c1ccc(Br)cc1. The van der Waals surface area contributed by atoms with Crippen LogP contribution in [-0.2, 0) is 9.84 Å². The Morgan fingerprint density at radius 3 is 2.33 bits per heavy atom.